The summed E-state index contributed by atoms with van der Waals surface area (Å²) < 4.78 is 80.4. The highest BCUT2D eigenvalue weighted by molar-refractivity contribution is 6.00. The van der Waals surface area contributed by atoms with E-state index in [1.165, 1.54) is 0 Å². The third kappa shape index (κ3) is 9.71. The summed E-state index contributed by atoms with van der Waals surface area (Å²) in [6.45, 7) is 9.19. The fourth-order valence-corrected chi connectivity index (χ4v) is 6.09. The van der Waals surface area contributed by atoms with Crippen molar-refractivity contribution in [3.63, 3.8) is 0 Å². The number of rotatable bonds is 6. The molecular formula is C36H44F6N2O6. The van der Waals surface area contributed by atoms with E-state index in [0.717, 1.165) is 9.80 Å². The summed E-state index contributed by atoms with van der Waals surface area (Å²) in [6, 6.07) is 17.1. The van der Waals surface area contributed by atoms with Gasteiger partial charge in [-0.3, -0.25) is 29.0 Å². The van der Waals surface area contributed by atoms with Crippen molar-refractivity contribution in [1.29, 1.82) is 0 Å². The summed E-state index contributed by atoms with van der Waals surface area (Å²) in [5, 5.41) is 20.9. The van der Waals surface area contributed by atoms with Crippen molar-refractivity contribution in [1.82, 2.24) is 9.80 Å². The molecule has 2 aromatic rings. The number of alkyl halides is 6. The monoisotopic (exact) mass is 714 g/mol. The number of carbonyl (C=O) groups excluding carboxylic acids is 4. The van der Waals surface area contributed by atoms with Crippen LogP contribution in [0.1, 0.15) is 65.5 Å². The number of imide groups is 2. The van der Waals surface area contributed by atoms with Gasteiger partial charge in [-0.25, -0.2) is 0 Å². The molecular weight excluding hydrogens is 670 g/mol. The lowest BCUT2D eigenvalue weighted by Crippen LogP contribution is -2.57. The minimum absolute atomic E-state index is 0.101. The van der Waals surface area contributed by atoms with Crippen LogP contribution in [0.2, 0.25) is 0 Å². The number of halogens is 6. The van der Waals surface area contributed by atoms with Crippen LogP contribution in [0.15, 0.2) is 60.7 Å². The summed E-state index contributed by atoms with van der Waals surface area (Å²) in [6.07, 6.45) is -14.2. The summed E-state index contributed by atoms with van der Waals surface area (Å²) in [4.78, 5) is 51.5. The molecule has 6 atom stereocenters. The third-order valence-corrected chi connectivity index (χ3v) is 9.02. The molecule has 2 heterocycles. The van der Waals surface area contributed by atoms with Crippen molar-refractivity contribution in [2.24, 2.45) is 34.5 Å². The lowest BCUT2D eigenvalue weighted by atomic mass is 9.72. The first-order chi connectivity index (χ1) is 22.9. The predicted octanol–water partition coefficient (Wildman–Crippen LogP) is 6.29. The van der Waals surface area contributed by atoms with Crippen LogP contribution in [-0.4, -0.2) is 68.2 Å². The Bertz CT molecular complexity index is 1390. The molecule has 2 saturated heterocycles. The maximum Gasteiger partial charge on any atom is 0.393 e. The first-order valence-electron chi connectivity index (χ1n) is 16.1. The molecule has 50 heavy (non-hydrogen) atoms. The molecule has 0 aliphatic carbocycles. The molecule has 0 spiro atoms. The maximum atomic E-state index is 13.4. The van der Waals surface area contributed by atoms with Crippen LogP contribution >= 0.6 is 0 Å². The van der Waals surface area contributed by atoms with Gasteiger partial charge in [0.05, 0.1) is 49.0 Å². The minimum atomic E-state index is -4.74. The fraction of sp³-hybridized carbons (Fsp3) is 0.556. The standard InChI is InChI=1S/2C18H22F3NO3/c2*1-17(2,3)15(24)14-12(18(19,20)21)9-13(23)22(16(14)25)10-11-7-5-4-6-8-11/h2*4-8,12,14-15,24H,9-10H2,1-3H3/t2*12-,14-,15+/m10/s1. The highest BCUT2D eigenvalue weighted by Gasteiger charge is 2.58. The normalized spacial score (nSPS) is 23.7. The first kappa shape index (κ1) is 40.6. The Morgan fingerprint density at radius 3 is 1.10 bits per heavy atom. The number of piperidine rings is 2. The molecule has 0 unspecified atom stereocenters. The van der Waals surface area contributed by atoms with E-state index in [1.807, 2.05) is 0 Å². The highest BCUT2D eigenvalue weighted by Crippen LogP contribution is 2.45. The van der Waals surface area contributed by atoms with Gasteiger partial charge in [0.2, 0.25) is 23.6 Å². The molecule has 14 heteroatoms. The molecule has 0 bridgehead atoms. The Morgan fingerprint density at radius 2 is 0.860 bits per heavy atom. The van der Waals surface area contributed by atoms with Crippen molar-refractivity contribution in [3.8, 4) is 0 Å². The topological polar surface area (TPSA) is 115 Å². The molecule has 276 valence electrons. The highest BCUT2D eigenvalue weighted by atomic mass is 19.4. The SMILES string of the molecule is CC(C)(C)[C@@H](O)[C@@H]1C(=O)N(Cc2ccccc2)C(=O)C[C@H]1C(F)(F)F.CC(C)(C)[C@H](O)[C@H]1C(=O)N(Cc2ccccc2)C(=O)C[C@@H]1C(F)(F)F. The second kappa shape index (κ2) is 15.2. The van der Waals surface area contributed by atoms with Gasteiger partial charge in [-0.1, -0.05) is 102 Å². The van der Waals surface area contributed by atoms with Gasteiger partial charge in [-0.05, 0) is 22.0 Å². The molecule has 2 aliphatic heterocycles. The summed E-state index contributed by atoms with van der Waals surface area (Å²) >= 11 is 0. The summed E-state index contributed by atoms with van der Waals surface area (Å²) in [7, 11) is 0. The van der Waals surface area contributed by atoms with Gasteiger partial charge < -0.3 is 10.2 Å². The zero-order valence-corrected chi connectivity index (χ0v) is 28.8. The van der Waals surface area contributed by atoms with Gasteiger partial charge in [0.15, 0.2) is 0 Å². The largest absolute Gasteiger partial charge is 0.393 e. The number of aliphatic hydroxyl groups excluding tert-OH is 2. The van der Waals surface area contributed by atoms with Crippen molar-refractivity contribution < 1.29 is 55.7 Å². The van der Waals surface area contributed by atoms with Crippen LogP contribution in [0.3, 0.4) is 0 Å². The van der Waals surface area contributed by atoms with Crippen molar-refractivity contribution >= 4 is 23.6 Å². The second-order valence-electron chi connectivity index (χ2n) is 15.0. The molecule has 8 nitrogen and oxygen atoms in total. The van der Waals surface area contributed by atoms with Gasteiger partial charge in [-0.2, -0.15) is 26.3 Å². The average molecular weight is 715 g/mol. The van der Waals surface area contributed by atoms with E-state index in [2.05, 4.69) is 0 Å². The molecule has 2 fully saturated rings. The Balaban J connectivity index is 0.000000270. The average Bonchev–Trinajstić information content (AvgIpc) is 2.99. The van der Waals surface area contributed by atoms with Crippen LogP contribution in [-0.2, 0) is 32.3 Å². The Kier molecular flexibility index (Phi) is 12.4. The van der Waals surface area contributed by atoms with Crippen molar-refractivity contribution in [3.05, 3.63) is 71.8 Å². The predicted molar refractivity (Wildman–Crippen MR) is 170 cm³/mol. The van der Waals surface area contributed by atoms with Crippen molar-refractivity contribution in [2.45, 2.75) is 92.0 Å². The van der Waals surface area contributed by atoms with E-state index in [0.29, 0.717) is 11.1 Å². The quantitative estimate of drug-likeness (QED) is 0.269. The number of hydrogen-bond acceptors (Lipinski definition) is 6. The van der Waals surface area contributed by atoms with Gasteiger partial charge in [-0.15, -0.1) is 0 Å². The second-order valence-corrected chi connectivity index (χ2v) is 15.0. The first-order valence-corrected chi connectivity index (χ1v) is 16.1. The number of benzene rings is 2. The number of aliphatic hydroxyl groups is 2. The molecule has 2 N–H and O–H groups in total. The zero-order chi connectivity index (χ0) is 38.0. The smallest absolute Gasteiger partial charge is 0.392 e. The van der Waals surface area contributed by atoms with E-state index in [4.69, 9.17) is 0 Å². The minimum Gasteiger partial charge on any atom is -0.392 e. The van der Waals surface area contributed by atoms with E-state index in [-0.39, 0.29) is 13.1 Å². The molecule has 0 saturated carbocycles. The van der Waals surface area contributed by atoms with Gasteiger partial charge >= 0.3 is 12.4 Å². The van der Waals surface area contributed by atoms with Crippen LogP contribution in [0.5, 0.6) is 0 Å². The lowest BCUT2D eigenvalue weighted by molar-refractivity contribution is -0.219. The van der Waals surface area contributed by atoms with Gasteiger partial charge in [0.1, 0.15) is 0 Å². The number of hydrogen-bond donors (Lipinski definition) is 2. The molecule has 2 aliphatic rings. The lowest BCUT2D eigenvalue weighted by Gasteiger charge is -2.42. The third-order valence-electron chi connectivity index (χ3n) is 9.02. The Labute approximate surface area is 287 Å². The number of likely N-dealkylation sites (tertiary alicyclic amines) is 2. The van der Waals surface area contributed by atoms with Crippen LogP contribution in [0, 0.1) is 34.5 Å². The van der Waals surface area contributed by atoms with Crippen LogP contribution in [0.25, 0.3) is 0 Å². The number of carbonyl (C=O) groups is 4. The molecule has 0 radical (unpaired) electrons. The van der Waals surface area contributed by atoms with Crippen molar-refractivity contribution in [2.75, 3.05) is 0 Å². The van der Waals surface area contributed by atoms with Gasteiger partial charge in [0.25, 0.3) is 0 Å². The van der Waals surface area contributed by atoms with Gasteiger partial charge in [0, 0.05) is 12.8 Å². The van der Waals surface area contributed by atoms with E-state index >= 15 is 0 Å². The van der Waals surface area contributed by atoms with E-state index < -0.39 is 95.5 Å². The fourth-order valence-electron chi connectivity index (χ4n) is 6.09. The number of amides is 4. The van der Waals surface area contributed by atoms with E-state index in [9.17, 15) is 55.7 Å². The summed E-state index contributed by atoms with van der Waals surface area (Å²) in [5.41, 5.74) is -0.581. The van der Waals surface area contributed by atoms with Crippen LogP contribution in [0.4, 0.5) is 26.3 Å². The molecule has 4 rings (SSSR count). The summed E-state index contributed by atoms with van der Waals surface area (Å²) in [5.74, 6) is -11.4. The van der Waals surface area contributed by atoms with E-state index in [1.54, 1.807) is 102 Å². The maximum absolute atomic E-state index is 13.4. The molecule has 0 aromatic heterocycles. The Morgan fingerprint density at radius 1 is 0.580 bits per heavy atom. The number of nitrogens with zero attached hydrogens (tertiary/aromatic N) is 2. The van der Waals surface area contributed by atoms with Crippen LogP contribution < -0.4 is 0 Å². The molecule has 4 amide bonds. The Hall–Kier alpha value is -3.78. The molecule has 2 aromatic carbocycles. The zero-order valence-electron chi connectivity index (χ0n) is 28.8.